The summed E-state index contributed by atoms with van der Waals surface area (Å²) in [5.74, 6) is -2.03. The lowest BCUT2D eigenvalue weighted by molar-refractivity contribution is -0.154. The summed E-state index contributed by atoms with van der Waals surface area (Å²) in [7, 11) is 0. The van der Waals surface area contributed by atoms with Gasteiger partial charge in [0.15, 0.2) is 0 Å². The molecule has 3 aliphatic rings. The molecule has 7 atom stereocenters. The molecular weight excluding hydrogens is 488 g/mol. The normalized spacial score (nSPS) is 31.8. The molecular formula is C29H42N2O5S. The number of likely N-dealkylation sites (tertiary alicyclic amines) is 1. The zero-order chi connectivity index (χ0) is 27.3. The summed E-state index contributed by atoms with van der Waals surface area (Å²) in [5.41, 5.74) is 0.246. The summed E-state index contributed by atoms with van der Waals surface area (Å²) < 4.78 is 4.67. The molecule has 0 radical (unpaired) electrons. The van der Waals surface area contributed by atoms with Crippen LogP contribution >= 0.6 is 11.8 Å². The molecule has 2 bridgehead atoms. The second kappa shape index (κ2) is 9.92. The van der Waals surface area contributed by atoms with Crippen LogP contribution < -0.4 is 5.32 Å². The van der Waals surface area contributed by atoms with Crippen LogP contribution in [-0.2, 0) is 19.1 Å². The van der Waals surface area contributed by atoms with Crippen LogP contribution in [0.2, 0.25) is 0 Å². The van der Waals surface area contributed by atoms with Crippen molar-refractivity contribution in [3.63, 3.8) is 0 Å². The number of hydrogen-bond acceptors (Lipinski definition) is 6. The van der Waals surface area contributed by atoms with E-state index in [2.05, 4.69) is 33.0 Å². The van der Waals surface area contributed by atoms with E-state index in [9.17, 15) is 19.5 Å². The molecule has 8 heteroatoms. The van der Waals surface area contributed by atoms with Gasteiger partial charge in [0, 0.05) is 10.8 Å². The van der Waals surface area contributed by atoms with E-state index in [1.807, 2.05) is 44.2 Å². The lowest BCUT2D eigenvalue weighted by Crippen LogP contribution is -2.60. The Kier molecular flexibility index (Phi) is 7.49. The van der Waals surface area contributed by atoms with Gasteiger partial charge in [0.25, 0.3) is 0 Å². The number of amides is 2. The van der Waals surface area contributed by atoms with Crippen molar-refractivity contribution < 1.29 is 24.2 Å². The average molecular weight is 531 g/mol. The number of fused-ring (bicyclic) bond motifs is 1. The van der Waals surface area contributed by atoms with Gasteiger partial charge in [-0.15, -0.1) is 11.8 Å². The molecule has 1 aromatic carbocycles. The van der Waals surface area contributed by atoms with Gasteiger partial charge < -0.3 is 20.1 Å². The first-order valence-electron chi connectivity index (χ1n) is 13.4. The molecule has 3 aliphatic heterocycles. The minimum absolute atomic E-state index is 0.0106. The number of nitrogens with one attached hydrogen (secondary N) is 1. The lowest BCUT2D eigenvalue weighted by atomic mass is 9.66. The molecule has 1 spiro atoms. The van der Waals surface area contributed by atoms with E-state index < -0.39 is 34.2 Å². The Morgan fingerprint density at radius 3 is 2.43 bits per heavy atom. The summed E-state index contributed by atoms with van der Waals surface area (Å²) >= 11 is 1.62. The summed E-state index contributed by atoms with van der Waals surface area (Å²) in [6.07, 6.45) is 1.50. The molecule has 1 aromatic rings. The molecule has 37 heavy (non-hydrogen) atoms. The van der Waals surface area contributed by atoms with Crippen LogP contribution in [0, 0.1) is 23.2 Å². The second-order valence-corrected chi connectivity index (χ2v) is 14.3. The summed E-state index contributed by atoms with van der Waals surface area (Å²) in [6, 6.07) is 7.85. The number of aliphatic hydroxyl groups excluding tert-OH is 1. The number of nitrogens with zero attached hydrogens (tertiary/aromatic N) is 1. The van der Waals surface area contributed by atoms with Crippen molar-refractivity contribution in [2.75, 3.05) is 13.2 Å². The van der Waals surface area contributed by atoms with Gasteiger partial charge in [0.1, 0.15) is 6.04 Å². The van der Waals surface area contributed by atoms with E-state index in [1.165, 1.54) is 0 Å². The molecule has 2 amide bonds. The SMILES string of the molecule is CCOC(=O)[C@@H]1[C@@H]2CC(C)C3(S2)C(C(=O)NC(C)(C)CC(C)(C)C)N([C@H](CO)c2ccccc2)C(=O)[C@H]13. The van der Waals surface area contributed by atoms with Crippen LogP contribution in [0.3, 0.4) is 0 Å². The van der Waals surface area contributed by atoms with Crippen LogP contribution in [0.1, 0.15) is 72.9 Å². The fourth-order valence-electron chi connectivity index (χ4n) is 7.40. The fraction of sp³-hybridized carbons (Fsp3) is 0.690. The highest BCUT2D eigenvalue weighted by Crippen LogP contribution is 2.69. The second-order valence-electron chi connectivity index (χ2n) is 12.8. The van der Waals surface area contributed by atoms with Crippen LogP contribution in [-0.4, -0.2) is 62.6 Å². The van der Waals surface area contributed by atoms with Crippen molar-refractivity contribution in [1.29, 1.82) is 0 Å². The number of carbonyl (C=O) groups is 3. The molecule has 0 aromatic heterocycles. The predicted octanol–water partition coefficient (Wildman–Crippen LogP) is 3.95. The molecule has 204 valence electrons. The van der Waals surface area contributed by atoms with Crippen LogP contribution in [0.4, 0.5) is 0 Å². The highest BCUT2D eigenvalue weighted by Gasteiger charge is 2.77. The van der Waals surface area contributed by atoms with Crippen molar-refractivity contribution >= 4 is 29.5 Å². The van der Waals surface area contributed by atoms with Crippen molar-refractivity contribution in [2.45, 2.75) is 88.9 Å². The predicted molar refractivity (Wildman–Crippen MR) is 145 cm³/mol. The highest BCUT2D eigenvalue weighted by molar-refractivity contribution is 8.02. The molecule has 3 fully saturated rings. The third kappa shape index (κ3) is 4.80. The Hall–Kier alpha value is -2.06. The minimum Gasteiger partial charge on any atom is -0.466 e. The smallest absolute Gasteiger partial charge is 0.310 e. The monoisotopic (exact) mass is 530 g/mol. The van der Waals surface area contributed by atoms with E-state index >= 15 is 0 Å². The topological polar surface area (TPSA) is 95.9 Å². The lowest BCUT2D eigenvalue weighted by Gasteiger charge is -2.42. The maximum absolute atomic E-state index is 14.3. The Balaban J connectivity index is 1.81. The number of ether oxygens (including phenoxy) is 1. The number of esters is 1. The van der Waals surface area contributed by atoms with Gasteiger partial charge in [0.2, 0.25) is 11.8 Å². The van der Waals surface area contributed by atoms with Crippen LogP contribution in [0.25, 0.3) is 0 Å². The average Bonchev–Trinajstić information content (AvgIpc) is 3.37. The highest BCUT2D eigenvalue weighted by atomic mass is 32.2. The summed E-state index contributed by atoms with van der Waals surface area (Å²) in [5, 5.41) is 13.8. The zero-order valence-electron chi connectivity index (χ0n) is 23.1. The van der Waals surface area contributed by atoms with E-state index in [0.717, 1.165) is 18.4 Å². The number of rotatable bonds is 8. The van der Waals surface area contributed by atoms with Crippen LogP contribution in [0.15, 0.2) is 30.3 Å². The van der Waals surface area contributed by atoms with Crippen molar-refractivity contribution in [2.24, 2.45) is 23.2 Å². The Morgan fingerprint density at radius 2 is 1.86 bits per heavy atom. The first-order chi connectivity index (χ1) is 17.3. The van der Waals surface area contributed by atoms with E-state index in [0.29, 0.717) is 0 Å². The summed E-state index contributed by atoms with van der Waals surface area (Å²) in [6.45, 7) is 14.2. The van der Waals surface area contributed by atoms with E-state index in [-0.39, 0.29) is 47.6 Å². The number of thioether (sulfide) groups is 1. The van der Waals surface area contributed by atoms with Gasteiger partial charge in [0.05, 0.1) is 35.8 Å². The van der Waals surface area contributed by atoms with E-state index in [4.69, 9.17) is 4.74 Å². The first kappa shape index (κ1) is 28.0. The quantitative estimate of drug-likeness (QED) is 0.494. The van der Waals surface area contributed by atoms with Gasteiger partial charge >= 0.3 is 5.97 Å². The molecule has 3 unspecified atom stereocenters. The molecule has 0 aliphatic carbocycles. The summed E-state index contributed by atoms with van der Waals surface area (Å²) in [4.78, 5) is 43.4. The molecule has 3 saturated heterocycles. The van der Waals surface area contributed by atoms with Crippen molar-refractivity contribution in [1.82, 2.24) is 10.2 Å². The minimum atomic E-state index is -0.814. The third-order valence-corrected chi connectivity index (χ3v) is 10.2. The zero-order valence-corrected chi connectivity index (χ0v) is 23.9. The van der Waals surface area contributed by atoms with Crippen LogP contribution in [0.5, 0.6) is 0 Å². The Morgan fingerprint density at radius 1 is 1.22 bits per heavy atom. The fourth-order valence-corrected chi connectivity index (χ4v) is 9.80. The Bertz CT molecular complexity index is 1040. The Labute approximate surface area is 225 Å². The van der Waals surface area contributed by atoms with Gasteiger partial charge in [-0.2, -0.15) is 0 Å². The standard InChI is InChI=1S/C29H42N2O5S/c1-8-36-26(35)21-20-14-17(2)29(37-20)22(21)25(34)31(19(15-32)18-12-10-9-11-13-18)23(29)24(33)30-28(6,7)16-27(3,4)5/h9-13,17,19-23,32H,8,14-16H2,1-7H3,(H,30,33)/t17?,19-,20+,21-,22+,23?,29?/m1/s1. The molecule has 4 rings (SSSR count). The maximum atomic E-state index is 14.3. The van der Waals surface area contributed by atoms with Gasteiger partial charge in [-0.25, -0.2) is 0 Å². The van der Waals surface area contributed by atoms with E-state index in [1.54, 1.807) is 23.6 Å². The number of hydrogen-bond donors (Lipinski definition) is 2. The number of aliphatic hydroxyl groups is 1. The van der Waals surface area contributed by atoms with Crippen molar-refractivity contribution in [3.05, 3.63) is 35.9 Å². The maximum Gasteiger partial charge on any atom is 0.310 e. The largest absolute Gasteiger partial charge is 0.466 e. The first-order valence-corrected chi connectivity index (χ1v) is 14.3. The molecule has 0 saturated carbocycles. The number of benzene rings is 1. The number of carbonyl (C=O) groups excluding carboxylic acids is 3. The third-order valence-electron chi connectivity index (χ3n) is 8.12. The molecule has 7 nitrogen and oxygen atoms in total. The molecule has 3 heterocycles. The van der Waals surface area contributed by atoms with Gasteiger partial charge in [-0.3, -0.25) is 14.4 Å². The molecule has 2 N–H and O–H groups in total. The van der Waals surface area contributed by atoms with Gasteiger partial charge in [-0.05, 0) is 50.5 Å². The van der Waals surface area contributed by atoms with Crippen molar-refractivity contribution in [3.8, 4) is 0 Å². The van der Waals surface area contributed by atoms with Gasteiger partial charge in [-0.1, -0.05) is 58.0 Å².